The maximum Gasteiger partial charge on any atom is 0.0399 e. The number of aryl methyl sites for hydroxylation is 1. The van der Waals surface area contributed by atoms with Crippen molar-refractivity contribution in [3.63, 3.8) is 0 Å². The standard InChI is InChI=1S/C12H20N2.ClH/c1-4-10-9-11(13)7-8-12(10)14(5-2)6-3;/h7-9H,4-6,13H2,1-3H3;1H. The van der Waals surface area contributed by atoms with E-state index in [0.29, 0.717) is 0 Å². The lowest BCUT2D eigenvalue weighted by Crippen LogP contribution is -2.23. The minimum Gasteiger partial charge on any atom is -0.399 e. The van der Waals surface area contributed by atoms with E-state index in [1.807, 2.05) is 6.07 Å². The summed E-state index contributed by atoms with van der Waals surface area (Å²) in [6.45, 7) is 8.63. The van der Waals surface area contributed by atoms with Crippen LogP contribution in [-0.2, 0) is 6.42 Å². The van der Waals surface area contributed by atoms with Crippen molar-refractivity contribution in [3.8, 4) is 0 Å². The molecule has 1 aromatic carbocycles. The Hall–Kier alpha value is -0.890. The maximum absolute atomic E-state index is 5.77. The van der Waals surface area contributed by atoms with Crippen molar-refractivity contribution in [1.29, 1.82) is 0 Å². The molecule has 0 spiro atoms. The SMILES string of the molecule is CCc1cc(N)ccc1N(CC)CC.Cl. The highest BCUT2D eigenvalue weighted by Gasteiger charge is 2.06. The van der Waals surface area contributed by atoms with Gasteiger partial charge in [0.25, 0.3) is 0 Å². The maximum atomic E-state index is 5.77. The van der Waals surface area contributed by atoms with Crippen molar-refractivity contribution in [3.05, 3.63) is 23.8 Å². The summed E-state index contributed by atoms with van der Waals surface area (Å²) in [5, 5.41) is 0. The predicted octanol–water partition coefficient (Wildman–Crippen LogP) is 3.10. The predicted molar refractivity (Wildman–Crippen MR) is 71.0 cm³/mol. The van der Waals surface area contributed by atoms with E-state index in [1.54, 1.807) is 0 Å². The zero-order valence-electron chi connectivity index (χ0n) is 9.79. The highest BCUT2D eigenvalue weighted by atomic mass is 35.5. The summed E-state index contributed by atoms with van der Waals surface area (Å²) in [7, 11) is 0. The van der Waals surface area contributed by atoms with Gasteiger partial charge in [-0.2, -0.15) is 0 Å². The van der Waals surface area contributed by atoms with Crippen LogP contribution in [0.5, 0.6) is 0 Å². The Balaban J connectivity index is 0.00000196. The van der Waals surface area contributed by atoms with Gasteiger partial charge in [-0.05, 0) is 44.0 Å². The molecule has 0 radical (unpaired) electrons. The molecule has 86 valence electrons. The molecule has 0 aliphatic carbocycles. The Morgan fingerprint density at radius 1 is 1.13 bits per heavy atom. The lowest BCUT2D eigenvalue weighted by Gasteiger charge is -2.24. The Bertz CT molecular complexity index is 296. The highest BCUT2D eigenvalue weighted by Crippen LogP contribution is 2.23. The number of nitrogens with two attached hydrogens (primary N) is 1. The first-order valence-electron chi connectivity index (χ1n) is 5.36. The molecule has 1 aromatic rings. The summed E-state index contributed by atoms with van der Waals surface area (Å²) >= 11 is 0. The van der Waals surface area contributed by atoms with Crippen LogP contribution < -0.4 is 10.6 Å². The smallest absolute Gasteiger partial charge is 0.0399 e. The average Bonchev–Trinajstić information content (AvgIpc) is 2.21. The quantitative estimate of drug-likeness (QED) is 0.803. The second kappa shape index (κ2) is 6.57. The third-order valence-electron chi connectivity index (χ3n) is 2.59. The van der Waals surface area contributed by atoms with Crippen molar-refractivity contribution in [2.45, 2.75) is 27.2 Å². The molecule has 0 unspecified atom stereocenters. The minimum absolute atomic E-state index is 0. The number of benzene rings is 1. The second-order valence-electron chi connectivity index (χ2n) is 3.41. The Kier molecular flexibility index (Phi) is 6.18. The van der Waals surface area contributed by atoms with Crippen LogP contribution in [0.2, 0.25) is 0 Å². The summed E-state index contributed by atoms with van der Waals surface area (Å²) in [5.74, 6) is 0. The number of halogens is 1. The van der Waals surface area contributed by atoms with Crippen molar-refractivity contribution >= 4 is 23.8 Å². The molecule has 1 rings (SSSR count). The summed E-state index contributed by atoms with van der Waals surface area (Å²) in [5.41, 5.74) is 9.29. The minimum atomic E-state index is 0. The second-order valence-corrected chi connectivity index (χ2v) is 3.41. The lowest BCUT2D eigenvalue weighted by molar-refractivity contribution is 0.856. The fourth-order valence-electron chi connectivity index (χ4n) is 1.76. The monoisotopic (exact) mass is 228 g/mol. The highest BCUT2D eigenvalue weighted by molar-refractivity contribution is 5.85. The first-order chi connectivity index (χ1) is 6.72. The van der Waals surface area contributed by atoms with Crippen LogP contribution in [0.3, 0.4) is 0 Å². The number of nitrogen functional groups attached to an aromatic ring is 1. The number of anilines is 2. The van der Waals surface area contributed by atoms with Gasteiger partial charge in [-0.25, -0.2) is 0 Å². The molecular weight excluding hydrogens is 208 g/mol. The van der Waals surface area contributed by atoms with Crippen LogP contribution in [0, 0.1) is 0 Å². The van der Waals surface area contributed by atoms with Gasteiger partial charge in [-0.1, -0.05) is 6.92 Å². The van der Waals surface area contributed by atoms with E-state index in [1.165, 1.54) is 11.3 Å². The van der Waals surface area contributed by atoms with E-state index >= 15 is 0 Å². The summed E-state index contributed by atoms with van der Waals surface area (Å²) in [6.07, 6.45) is 1.04. The van der Waals surface area contributed by atoms with E-state index in [-0.39, 0.29) is 12.4 Å². The van der Waals surface area contributed by atoms with Gasteiger partial charge < -0.3 is 10.6 Å². The first-order valence-corrected chi connectivity index (χ1v) is 5.36. The number of rotatable bonds is 4. The zero-order valence-corrected chi connectivity index (χ0v) is 10.6. The van der Waals surface area contributed by atoms with Gasteiger partial charge in [0.15, 0.2) is 0 Å². The fourth-order valence-corrected chi connectivity index (χ4v) is 1.76. The molecule has 3 heteroatoms. The topological polar surface area (TPSA) is 29.3 Å². The van der Waals surface area contributed by atoms with E-state index in [0.717, 1.165) is 25.2 Å². The number of nitrogens with zero attached hydrogens (tertiary/aromatic N) is 1. The van der Waals surface area contributed by atoms with Crippen molar-refractivity contribution < 1.29 is 0 Å². The van der Waals surface area contributed by atoms with Crippen LogP contribution in [0.15, 0.2) is 18.2 Å². The molecule has 0 aliphatic rings. The summed E-state index contributed by atoms with van der Waals surface area (Å²) in [4.78, 5) is 2.36. The van der Waals surface area contributed by atoms with Gasteiger partial charge in [-0.3, -0.25) is 0 Å². The average molecular weight is 229 g/mol. The molecule has 2 N–H and O–H groups in total. The molecule has 0 fully saturated rings. The van der Waals surface area contributed by atoms with Gasteiger partial charge in [0.2, 0.25) is 0 Å². The molecule has 2 nitrogen and oxygen atoms in total. The Labute approximate surface area is 98.9 Å². The molecule has 0 aliphatic heterocycles. The largest absolute Gasteiger partial charge is 0.399 e. The van der Waals surface area contributed by atoms with Gasteiger partial charge in [-0.15, -0.1) is 12.4 Å². The van der Waals surface area contributed by atoms with Crippen LogP contribution in [-0.4, -0.2) is 13.1 Å². The Morgan fingerprint density at radius 2 is 1.73 bits per heavy atom. The molecule has 15 heavy (non-hydrogen) atoms. The molecule has 0 saturated heterocycles. The molecule has 0 bridgehead atoms. The lowest BCUT2D eigenvalue weighted by atomic mass is 10.1. The molecule has 0 aromatic heterocycles. The van der Waals surface area contributed by atoms with Crippen molar-refractivity contribution in [2.75, 3.05) is 23.7 Å². The Morgan fingerprint density at radius 3 is 2.20 bits per heavy atom. The van der Waals surface area contributed by atoms with Gasteiger partial charge in [0, 0.05) is 24.5 Å². The molecule has 0 heterocycles. The first kappa shape index (κ1) is 14.1. The van der Waals surface area contributed by atoms with Crippen LogP contribution in [0.4, 0.5) is 11.4 Å². The number of hydrogen-bond acceptors (Lipinski definition) is 2. The molecule has 0 atom stereocenters. The van der Waals surface area contributed by atoms with E-state index < -0.39 is 0 Å². The van der Waals surface area contributed by atoms with Crippen molar-refractivity contribution in [2.24, 2.45) is 0 Å². The summed E-state index contributed by atoms with van der Waals surface area (Å²) < 4.78 is 0. The summed E-state index contributed by atoms with van der Waals surface area (Å²) in [6, 6.07) is 6.18. The van der Waals surface area contributed by atoms with Gasteiger partial charge in [0.1, 0.15) is 0 Å². The van der Waals surface area contributed by atoms with E-state index in [4.69, 9.17) is 5.73 Å². The van der Waals surface area contributed by atoms with Gasteiger partial charge in [0.05, 0.1) is 0 Å². The normalized spacial score (nSPS) is 9.53. The van der Waals surface area contributed by atoms with Crippen LogP contribution in [0.1, 0.15) is 26.3 Å². The van der Waals surface area contributed by atoms with Crippen LogP contribution >= 0.6 is 12.4 Å². The third-order valence-corrected chi connectivity index (χ3v) is 2.59. The van der Waals surface area contributed by atoms with E-state index in [2.05, 4.69) is 37.8 Å². The van der Waals surface area contributed by atoms with Crippen LogP contribution in [0.25, 0.3) is 0 Å². The molecule has 0 amide bonds. The van der Waals surface area contributed by atoms with E-state index in [9.17, 15) is 0 Å². The number of hydrogen-bond donors (Lipinski definition) is 1. The molecular formula is C12H21ClN2. The third kappa shape index (κ3) is 3.31. The zero-order chi connectivity index (χ0) is 10.6. The van der Waals surface area contributed by atoms with Gasteiger partial charge >= 0.3 is 0 Å². The molecule has 0 saturated carbocycles. The van der Waals surface area contributed by atoms with Crippen molar-refractivity contribution in [1.82, 2.24) is 0 Å². The fraction of sp³-hybridized carbons (Fsp3) is 0.500.